The van der Waals surface area contributed by atoms with Crippen LogP contribution in [0.25, 0.3) is 0 Å². The highest BCUT2D eigenvalue weighted by Crippen LogP contribution is 2.24. The molecule has 0 aliphatic heterocycles. The van der Waals surface area contributed by atoms with Crippen molar-refractivity contribution < 1.29 is 0 Å². The van der Waals surface area contributed by atoms with Crippen LogP contribution < -0.4 is 5.32 Å². The molecule has 0 saturated carbocycles. The minimum absolute atomic E-state index is 0.734. The fourth-order valence-corrected chi connectivity index (χ4v) is 2.28. The van der Waals surface area contributed by atoms with Gasteiger partial charge in [-0.1, -0.05) is 6.07 Å². The largest absolute Gasteiger partial charge is 0.385 e. The lowest BCUT2D eigenvalue weighted by Gasteiger charge is -2.17. The number of benzene rings is 1. The molecule has 0 aromatic heterocycles. The molecule has 0 saturated heterocycles. The fourth-order valence-electron chi connectivity index (χ4n) is 2.14. The molecule has 2 heteroatoms. The van der Waals surface area contributed by atoms with Crippen molar-refractivity contribution in [2.24, 2.45) is 0 Å². The number of fused-ring (bicyclic) bond motifs is 1. The maximum Gasteiger partial charge on any atom is 0.0343 e. The van der Waals surface area contributed by atoms with Crippen molar-refractivity contribution in [1.82, 2.24) is 0 Å². The van der Waals surface area contributed by atoms with Crippen LogP contribution in [-0.4, -0.2) is 12.4 Å². The van der Waals surface area contributed by atoms with E-state index in [1.807, 2.05) is 0 Å². The molecule has 0 heterocycles. The van der Waals surface area contributed by atoms with Gasteiger partial charge in [0.15, 0.2) is 0 Å². The predicted octanol–water partition coefficient (Wildman–Crippen LogP) is 3.61. The average molecular weight is 224 g/mol. The molecule has 1 aliphatic rings. The van der Waals surface area contributed by atoms with Crippen LogP contribution in [-0.2, 0) is 12.8 Å². The quantitative estimate of drug-likeness (QED) is 0.608. The number of alkyl halides is 1. The van der Waals surface area contributed by atoms with E-state index in [-0.39, 0.29) is 0 Å². The Balaban J connectivity index is 2.00. The minimum Gasteiger partial charge on any atom is -0.385 e. The molecule has 1 N–H and O–H groups in total. The lowest BCUT2D eigenvalue weighted by Crippen LogP contribution is -2.06. The smallest absolute Gasteiger partial charge is 0.0343 e. The summed E-state index contributed by atoms with van der Waals surface area (Å²) in [5.74, 6) is 0.734. The highest BCUT2D eigenvalue weighted by atomic mass is 35.5. The Labute approximate surface area is 96.8 Å². The van der Waals surface area contributed by atoms with E-state index in [4.69, 9.17) is 11.6 Å². The van der Waals surface area contributed by atoms with Crippen molar-refractivity contribution in [2.45, 2.75) is 32.1 Å². The van der Waals surface area contributed by atoms with Gasteiger partial charge in [0.1, 0.15) is 0 Å². The number of hydrogen-bond donors (Lipinski definition) is 1. The van der Waals surface area contributed by atoms with Gasteiger partial charge in [0, 0.05) is 18.1 Å². The molecule has 0 amide bonds. The highest BCUT2D eigenvalue weighted by Gasteiger charge is 2.08. The molecule has 15 heavy (non-hydrogen) atoms. The van der Waals surface area contributed by atoms with E-state index in [0.717, 1.165) is 18.8 Å². The minimum atomic E-state index is 0.734. The number of halogens is 1. The van der Waals surface area contributed by atoms with Crippen LogP contribution in [0.2, 0.25) is 0 Å². The van der Waals surface area contributed by atoms with Crippen molar-refractivity contribution in [1.29, 1.82) is 0 Å². The van der Waals surface area contributed by atoms with Gasteiger partial charge >= 0.3 is 0 Å². The van der Waals surface area contributed by atoms with Crippen molar-refractivity contribution in [3.63, 3.8) is 0 Å². The summed E-state index contributed by atoms with van der Waals surface area (Å²) in [5.41, 5.74) is 4.34. The van der Waals surface area contributed by atoms with Crippen LogP contribution in [0.15, 0.2) is 18.2 Å². The molecule has 1 nitrogen and oxygen atoms in total. The Bertz CT molecular complexity index is 322. The first-order chi connectivity index (χ1) is 7.40. The third kappa shape index (κ3) is 2.88. The van der Waals surface area contributed by atoms with Crippen LogP contribution in [0, 0.1) is 0 Å². The van der Waals surface area contributed by atoms with Crippen LogP contribution in [0.4, 0.5) is 5.69 Å². The summed E-state index contributed by atoms with van der Waals surface area (Å²) in [4.78, 5) is 0. The molecular weight excluding hydrogens is 206 g/mol. The van der Waals surface area contributed by atoms with Gasteiger partial charge in [0.05, 0.1) is 0 Å². The van der Waals surface area contributed by atoms with Crippen molar-refractivity contribution >= 4 is 17.3 Å². The van der Waals surface area contributed by atoms with E-state index in [0.29, 0.717) is 0 Å². The second-order valence-electron chi connectivity index (χ2n) is 4.16. The maximum absolute atomic E-state index is 5.64. The molecule has 0 atom stereocenters. The summed E-state index contributed by atoms with van der Waals surface area (Å²) < 4.78 is 0. The summed E-state index contributed by atoms with van der Waals surface area (Å²) in [6.45, 7) is 0.974. The van der Waals surface area contributed by atoms with Crippen LogP contribution in [0.5, 0.6) is 0 Å². The Kier molecular flexibility index (Phi) is 3.90. The first-order valence-corrected chi connectivity index (χ1v) is 6.35. The molecule has 1 aliphatic carbocycles. The molecule has 1 aromatic carbocycles. The summed E-state index contributed by atoms with van der Waals surface area (Å²) in [6, 6.07) is 6.78. The van der Waals surface area contributed by atoms with Crippen LogP contribution >= 0.6 is 11.6 Å². The third-order valence-electron chi connectivity index (χ3n) is 2.99. The lowest BCUT2D eigenvalue weighted by molar-refractivity contribution is 0.686. The summed E-state index contributed by atoms with van der Waals surface area (Å²) >= 11 is 5.64. The molecule has 2 rings (SSSR count). The number of nitrogens with one attached hydrogen (secondary N) is 1. The zero-order chi connectivity index (χ0) is 10.5. The average Bonchev–Trinajstić information content (AvgIpc) is 2.29. The fraction of sp³-hybridized carbons (Fsp3) is 0.538. The SMILES string of the molecule is ClCCCNc1ccc2c(c1)CCCC2. The summed E-state index contributed by atoms with van der Waals surface area (Å²) in [6.07, 6.45) is 6.24. The predicted molar refractivity (Wildman–Crippen MR) is 66.9 cm³/mol. The van der Waals surface area contributed by atoms with E-state index < -0.39 is 0 Å². The van der Waals surface area contributed by atoms with E-state index in [1.54, 1.807) is 5.56 Å². The van der Waals surface area contributed by atoms with Crippen molar-refractivity contribution in [3.8, 4) is 0 Å². The van der Waals surface area contributed by atoms with Crippen LogP contribution in [0.3, 0.4) is 0 Å². The molecule has 0 unspecified atom stereocenters. The Hall–Kier alpha value is -0.690. The van der Waals surface area contributed by atoms with Gasteiger partial charge in [-0.05, 0) is 55.4 Å². The zero-order valence-electron chi connectivity index (χ0n) is 9.06. The molecular formula is C13H18ClN. The number of aryl methyl sites for hydroxylation is 2. The Morgan fingerprint density at radius 2 is 1.93 bits per heavy atom. The molecule has 0 spiro atoms. The summed E-state index contributed by atoms with van der Waals surface area (Å²) in [5, 5.41) is 3.41. The highest BCUT2D eigenvalue weighted by molar-refractivity contribution is 6.17. The van der Waals surface area contributed by atoms with Crippen molar-refractivity contribution in [2.75, 3.05) is 17.7 Å². The van der Waals surface area contributed by atoms with E-state index in [9.17, 15) is 0 Å². The van der Waals surface area contributed by atoms with E-state index in [1.165, 1.54) is 36.9 Å². The second-order valence-corrected chi connectivity index (χ2v) is 4.54. The van der Waals surface area contributed by atoms with Gasteiger partial charge in [-0.25, -0.2) is 0 Å². The third-order valence-corrected chi connectivity index (χ3v) is 3.26. The zero-order valence-corrected chi connectivity index (χ0v) is 9.82. The number of hydrogen-bond acceptors (Lipinski definition) is 1. The topological polar surface area (TPSA) is 12.0 Å². The van der Waals surface area contributed by atoms with E-state index >= 15 is 0 Å². The molecule has 0 radical (unpaired) electrons. The van der Waals surface area contributed by atoms with Gasteiger partial charge in [0.2, 0.25) is 0 Å². The van der Waals surface area contributed by atoms with Gasteiger partial charge in [-0.2, -0.15) is 0 Å². The molecule has 0 bridgehead atoms. The second kappa shape index (κ2) is 5.41. The van der Waals surface area contributed by atoms with Crippen LogP contribution in [0.1, 0.15) is 30.4 Å². The Morgan fingerprint density at radius 3 is 2.73 bits per heavy atom. The number of anilines is 1. The van der Waals surface area contributed by atoms with Gasteiger partial charge in [-0.15, -0.1) is 11.6 Å². The molecule has 82 valence electrons. The first-order valence-electron chi connectivity index (χ1n) is 5.82. The first kappa shape index (κ1) is 10.8. The van der Waals surface area contributed by atoms with Crippen molar-refractivity contribution in [3.05, 3.63) is 29.3 Å². The Morgan fingerprint density at radius 1 is 1.13 bits per heavy atom. The molecule has 1 aromatic rings. The van der Waals surface area contributed by atoms with Gasteiger partial charge in [0.25, 0.3) is 0 Å². The van der Waals surface area contributed by atoms with Gasteiger partial charge < -0.3 is 5.32 Å². The standard InChI is InChI=1S/C13H18ClN/c14-8-3-9-15-13-7-6-11-4-1-2-5-12(11)10-13/h6-7,10,15H,1-5,8-9H2. The summed E-state index contributed by atoms with van der Waals surface area (Å²) in [7, 11) is 0. The molecule has 0 fully saturated rings. The number of rotatable bonds is 4. The van der Waals surface area contributed by atoms with E-state index in [2.05, 4.69) is 23.5 Å². The normalized spacial score (nSPS) is 14.7. The lowest BCUT2D eigenvalue weighted by atomic mass is 9.91. The monoisotopic (exact) mass is 223 g/mol. The maximum atomic E-state index is 5.64. The van der Waals surface area contributed by atoms with Gasteiger partial charge in [-0.3, -0.25) is 0 Å².